The third-order valence-corrected chi connectivity index (χ3v) is 4.39. The Kier molecular flexibility index (Phi) is 4.64. The molecule has 0 saturated heterocycles. The number of carbonyl (C=O) groups is 1. The fourth-order valence-corrected chi connectivity index (χ4v) is 3.29. The highest BCUT2D eigenvalue weighted by Gasteiger charge is 2.21. The fourth-order valence-electron chi connectivity index (χ4n) is 3.29. The van der Waals surface area contributed by atoms with E-state index in [2.05, 4.69) is 6.08 Å². The topological polar surface area (TPSA) is 37.3 Å². The van der Waals surface area contributed by atoms with Crippen molar-refractivity contribution in [3.8, 4) is 0 Å². The zero-order chi connectivity index (χ0) is 12.1. The number of hydrogen-bond donors (Lipinski definition) is 1. The Morgan fingerprint density at radius 2 is 1.94 bits per heavy atom. The SMILES string of the molecule is O=C(O)C1CCC=C(CC2CCCCC2)CC1. The van der Waals surface area contributed by atoms with Crippen LogP contribution in [0.4, 0.5) is 0 Å². The lowest BCUT2D eigenvalue weighted by Gasteiger charge is -2.22. The van der Waals surface area contributed by atoms with Gasteiger partial charge < -0.3 is 5.11 Å². The highest BCUT2D eigenvalue weighted by molar-refractivity contribution is 5.70. The molecule has 0 spiro atoms. The standard InChI is InChI=1S/C15H24O2/c16-15(17)14-8-4-7-13(9-10-14)11-12-5-2-1-3-6-12/h7,12,14H,1-6,8-11H2,(H,16,17). The predicted octanol–water partition coefficient (Wildman–Crippen LogP) is 4.16. The van der Waals surface area contributed by atoms with Gasteiger partial charge in [0, 0.05) is 0 Å². The second kappa shape index (κ2) is 6.23. The summed E-state index contributed by atoms with van der Waals surface area (Å²) in [5, 5.41) is 9.05. The Morgan fingerprint density at radius 3 is 2.65 bits per heavy atom. The monoisotopic (exact) mass is 236 g/mol. The van der Waals surface area contributed by atoms with Gasteiger partial charge in [0.1, 0.15) is 0 Å². The van der Waals surface area contributed by atoms with Gasteiger partial charge in [0.05, 0.1) is 5.92 Å². The van der Waals surface area contributed by atoms with Gasteiger partial charge in [0.25, 0.3) is 0 Å². The average molecular weight is 236 g/mol. The van der Waals surface area contributed by atoms with E-state index in [1.807, 2.05) is 0 Å². The number of carboxylic acids is 1. The van der Waals surface area contributed by atoms with E-state index in [0.29, 0.717) is 0 Å². The number of carboxylic acid groups (broad SMARTS) is 1. The second-order valence-corrected chi connectivity index (χ2v) is 5.72. The zero-order valence-corrected chi connectivity index (χ0v) is 10.7. The molecule has 0 radical (unpaired) electrons. The minimum absolute atomic E-state index is 0.102. The van der Waals surface area contributed by atoms with E-state index in [-0.39, 0.29) is 5.92 Å². The van der Waals surface area contributed by atoms with Gasteiger partial charge in [-0.3, -0.25) is 4.79 Å². The number of aliphatic carboxylic acids is 1. The van der Waals surface area contributed by atoms with E-state index in [0.717, 1.165) is 31.6 Å². The first-order valence-corrected chi connectivity index (χ1v) is 7.16. The zero-order valence-electron chi connectivity index (χ0n) is 10.7. The van der Waals surface area contributed by atoms with Crippen molar-refractivity contribution in [2.45, 2.75) is 64.2 Å². The smallest absolute Gasteiger partial charge is 0.306 e. The molecule has 0 aromatic carbocycles. The molecule has 1 fully saturated rings. The quantitative estimate of drug-likeness (QED) is 0.747. The van der Waals surface area contributed by atoms with Crippen LogP contribution >= 0.6 is 0 Å². The molecule has 1 N–H and O–H groups in total. The highest BCUT2D eigenvalue weighted by atomic mass is 16.4. The molecular weight excluding hydrogens is 212 g/mol. The fraction of sp³-hybridized carbons (Fsp3) is 0.800. The minimum atomic E-state index is -0.600. The third kappa shape index (κ3) is 3.86. The second-order valence-electron chi connectivity index (χ2n) is 5.72. The maximum atomic E-state index is 11.0. The molecule has 2 aliphatic carbocycles. The number of hydrogen-bond acceptors (Lipinski definition) is 1. The lowest BCUT2D eigenvalue weighted by atomic mass is 9.83. The van der Waals surface area contributed by atoms with Gasteiger partial charge in [-0.05, 0) is 38.0 Å². The van der Waals surface area contributed by atoms with Crippen LogP contribution in [0.25, 0.3) is 0 Å². The van der Waals surface area contributed by atoms with Crippen molar-refractivity contribution in [3.63, 3.8) is 0 Å². The molecule has 0 heterocycles. The molecule has 2 aliphatic rings. The van der Waals surface area contributed by atoms with Crippen LogP contribution in [0, 0.1) is 11.8 Å². The van der Waals surface area contributed by atoms with Crippen LogP contribution in [-0.2, 0) is 4.79 Å². The minimum Gasteiger partial charge on any atom is -0.481 e. The number of rotatable bonds is 3. The van der Waals surface area contributed by atoms with Gasteiger partial charge in [-0.2, -0.15) is 0 Å². The maximum absolute atomic E-state index is 11.0. The summed E-state index contributed by atoms with van der Waals surface area (Å²) in [7, 11) is 0. The third-order valence-electron chi connectivity index (χ3n) is 4.39. The molecule has 0 amide bonds. The van der Waals surface area contributed by atoms with Gasteiger partial charge in [-0.25, -0.2) is 0 Å². The molecule has 1 unspecified atom stereocenters. The molecule has 2 heteroatoms. The summed E-state index contributed by atoms with van der Waals surface area (Å²) in [6.45, 7) is 0. The van der Waals surface area contributed by atoms with Crippen LogP contribution in [0.3, 0.4) is 0 Å². The van der Waals surface area contributed by atoms with Gasteiger partial charge in [-0.1, -0.05) is 43.8 Å². The summed E-state index contributed by atoms with van der Waals surface area (Å²) >= 11 is 0. The summed E-state index contributed by atoms with van der Waals surface area (Å²) in [5.74, 6) is 0.184. The Balaban J connectivity index is 1.81. The summed E-state index contributed by atoms with van der Waals surface area (Å²) in [6, 6.07) is 0. The lowest BCUT2D eigenvalue weighted by Crippen LogP contribution is -2.12. The van der Waals surface area contributed by atoms with Crippen molar-refractivity contribution in [2.75, 3.05) is 0 Å². The molecule has 0 aromatic heterocycles. The number of allylic oxidation sites excluding steroid dienone is 2. The molecular formula is C15H24O2. The van der Waals surface area contributed by atoms with E-state index in [4.69, 9.17) is 5.11 Å². The Labute approximate surface area is 104 Å². The van der Waals surface area contributed by atoms with E-state index in [9.17, 15) is 4.79 Å². The summed E-state index contributed by atoms with van der Waals surface area (Å²) in [6.07, 6.45) is 14.2. The van der Waals surface area contributed by atoms with Crippen LogP contribution in [0.5, 0.6) is 0 Å². The molecule has 17 heavy (non-hydrogen) atoms. The largest absolute Gasteiger partial charge is 0.481 e. The van der Waals surface area contributed by atoms with E-state index < -0.39 is 5.97 Å². The van der Waals surface area contributed by atoms with Crippen LogP contribution < -0.4 is 0 Å². The normalized spacial score (nSPS) is 27.3. The van der Waals surface area contributed by atoms with Crippen LogP contribution in [-0.4, -0.2) is 11.1 Å². The summed E-state index contributed by atoms with van der Waals surface area (Å²) in [4.78, 5) is 11.0. The molecule has 96 valence electrons. The summed E-state index contributed by atoms with van der Waals surface area (Å²) in [5.41, 5.74) is 1.54. The van der Waals surface area contributed by atoms with Crippen molar-refractivity contribution in [1.82, 2.24) is 0 Å². The summed E-state index contributed by atoms with van der Waals surface area (Å²) < 4.78 is 0. The van der Waals surface area contributed by atoms with Crippen LogP contribution in [0.15, 0.2) is 11.6 Å². The average Bonchev–Trinajstić information content (AvgIpc) is 2.56. The first-order valence-electron chi connectivity index (χ1n) is 7.16. The molecule has 0 bridgehead atoms. The molecule has 0 aromatic rings. The molecule has 0 aliphatic heterocycles. The van der Waals surface area contributed by atoms with Crippen LogP contribution in [0.1, 0.15) is 64.2 Å². The molecule has 2 rings (SSSR count). The van der Waals surface area contributed by atoms with Gasteiger partial charge in [-0.15, -0.1) is 0 Å². The van der Waals surface area contributed by atoms with E-state index in [1.54, 1.807) is 5.57 Å². The van der Waals surface area contributed by atoms with E-state index >= 15 is 0 Å². The van der Waals surface area contributed by atoms with Crippen molar-refractivity contribution in [1.29, 1.82) is 0 Å². The highest BCUT2D eigenvalue weighted by Crippen LogP contribution is 2.33. The van der Waals surface area contributed by atoms with Crippen molar-refractivity contribution in [2.24, 2.45) is 11.8 Å². The molecule has 2 nitrogen and oxygen atoms in total. The van der Waals surface area contributed by atoms with Gasteiger partial charge in [0.2, 0.25) is 0 Å². The van der Waals surface area contributed by atoms with Gasteiger partial charge in [0.15, 0.2) is 0 Å². The lowest BCUT2D eigenvalue weighted by molar-refractivity contribution is -0.142. The first kappa shape index (κ1) is 12.7. The van der Waals surface area contributed by atoms with Crippen molar-refractivity contribution in [3.05, 3.63) is 11.6 Å². The first-order chi connectivity index (χ1) is 8.25. The van der Waals surface area contributed by atoms with Gasteiger partial charge >= 0.3 is 5.97 Å². The Bertz CT molecular complexity index is 287. The molecule has 1 saturated carbocycles. The van der Waals surface area contributed by atoms with Crippen LogP contribution in [0.2, 0.25) is 0 Å². The Morgan fingerprint density at radius 1 is 1.18 bits per heavy atom. The maximum Gasteiger partial charge on any atom is 0.306 e. The Hall–Kier alpha value is -0.790. The van der Waals surface area contributed by atoms with E-state index in [1.165, 1.54) is 38.5 Å². The van der Waals surface area contributed by atoms with Crippen molar-refractivity contribution < 1.29 is 9.90 Å². The van der Waals surface area contributed by atoms with Crippen molar-refractivity contribution >= 4 is 5.97 Å². The molecule has 1 atom stereocenters. The predicted molar refractivity (Wildman–Crippen MR) is 68.9 cm³/mol.